The van der Waals surface area contributed by atoms with E-state index in [1.54, 1.807) is 6.08 Å². The van der Waals surface area contributed by atoms with E-state index in [2.05, 4.69) is 129 Å². The molecule has 0 spiro atoms. The number of rotatable bonds is 66. The summed E-state index contributed by atoms with van der Waals surface area (Å²) in [4.78, 5) is 25.6. The van der Waals surface area contributed by atoms with Gasteiger partial charge in [-0.3, -0.25) is 9.36 Å². The van der Waals surface area contributed by atoms with Gasteiger partial charge in [0.05, 0.1) is 39.9 Å². The highest BCUT2D eigenvalue weighted by atomic mass is 31.2. The minimum absolute atomic E-state index is 0.0149. The first-order valence-corrected chi connectivity index (χ1v) is 37.9. The highest BCUT2D eigenvalue weighted by molar-refractivity contribution is 7.45. The van der Waals surface area contributed by atoms with Crippen LogP contribution in [0.1, 0.15) is 316 Å². The maximum atomic E-state index is 13.0. The highest BCUT2D eigenvalue weighted by Crippen LogP contribution is 2.38. The molecule has 0 aromatic heterocycles. The largest absolute Gasteiger partial charge is 0.756 e. The molecule has 3 unspecified atom stereocenters. The summed E-state index contributed by atoms with van der Waals surface area (Å²) in [7, 11) is 1.23. The molecule has 0 aromatic rings. The zero-order valence-corrected chi connectivity index (χ0v) is 58.3. The molecule has 502 valence electrons. The molecule has 0 fully saturated rings. The number of nitrogens with zero attached hydrogens (tertiary/aromatic N) is 1. The second-order valence-corrected chi connectivity index (χ2v) is 27.0. The Bertz CT molecular complexity index is 1840. The summed E-state index contributed by atoms with van der Waals surface area (Å²) in [5, 5.41) is 13.9. The number of allylic oxidation sites excluding steroid dienone is 19. The zero-order chi connectivity index (χ0) is 63.4. The van der Waals surface area contributed by atoms with Gasteiger partial charge in [0, 0.05) is 6.42 Å². The lowest BCUT2D eigenvalue weighted by molar-refractivity contribution is -0.870. The highest BCUT2D eigenvalue weighted by Gasteiger charge is 2.23. The van der Waals surface area contributed by atoms with Crippen molar-refractivity contribution in [1.82, 2.24) is 5.32 Å². The lowest BCUT2D eigenvalue weighted by atomic mass is 10.0. The summed E-state index contributed by atoms with van der Waals surface area (Å²) < 4.78 is 23.4. The van der Waals surface area contributed by atoms with Crippen LogP contribution in [-0.2, 0) is 18.4 Å². The third-order valence-corrected chi connectivity index (χ3v) is 16.8. The van der Waals surface area contributed by atoms with Crippen LogP contribution in [0.5, 0.6) is 0 Å². The minimum atomic E-state index is -4.63. The van der Waals surface area contributed by atoms with E-state index in [0.29, 0.717) is 17.4 Å². The predicted octanol–water partition coefficient (Wildman–Crippen LogP) is 23.0. The molecule has 3 atom stereocenters. The van der Waals surface area contributed by atoms with Gasteiger partial charge < -0.3 is 28.8 Å². The van der Waals surface area contributed by atoms with Crippen molar-refractivity contribution in [3.8, 4) is 0 Å². The SMILES string of the molecule is CC/C=C\C/C=C\C/C=C\C/C=C\C/C=C\C/C=C\C/C=C\CCCCCCCCCCCCCC(=O)NC(COP(=O)([O-])OCC[N+](C)(C)C)C(O)/C=C/CC/C=C/CC/C=C/CCCCCCCCCCCCCCCCCCCCCCCC. The second-order valence-electron chi connectivity index (χ2n) is 25.5. The monoisotopic (exact) mass is 1230 g/mol. The number of unbranched alkanes of at least 4 members (excludes halogenated alkanes) is 35. The molecule has 0 aliphatic carbocycles. The minimum Gasteiger partial charge on any atom is -0.756 e. The summed E-state index contributed by atoms with van der Waals surface area (Å²) in [5.41, 5.74) is 0. The van der Waals surface area contributed by atoms with E-state index in [1.807, 2.05) is 27.2 Å². The average molecular weight is 1230 g/mol. The predicted molar refractivity (Wildman–Crippen MR) is 380 cm³/mol. The molecule has 87 heavy (non-hydrogen) atoms. The standard InChI is InChI=1S/C78H139N2O6P/c1-6-8-10-12-14-16-18-20-22-24-26-28-30-32-34-36-38-40-42-44-46-48-50-52-54-56-58-60-62-64-66-68-70-72-78(82)79-76(75-86-87(83,84)85-74-73-80(3,4)5)77(81)71-69-67-65-63-61-59-57-55-53-51-49-47-45-43-41-39-37-35-33-31-29-27-25-23-21-19-17-15-13-11-9-7-2/h8,10,14,16,20,22,26,28,32,34,38,40,44,46,53,55,61,63,69,71,76-77,81H,6-7,9,11-13,15,17-19,21,23-25,27,29-31,33,35-37,39,41-43,45,47-52,54,56-60,62,64-68,70,72-75H2,1-5H3,(H-,79,82,83,84)/b10-8-,16-14-,22-20-,28-26-,34-32-,40-38-,46-44-,55-53+,63-61+,71-69+. The molecule has 0 radical (unpaired) electrons. The van der Waals surface area contributed by atoms with E-state index in [1.165, 1.54) is 199 Å². The Hall–Kier alpha value is -3.10. The van der Waals surface area contributed by atoms with Crippen LogP contribution in [0.25, 0.3) is 0 Å². The van der Waals surface area contributed by atoms with E-state index in [-0.39, 0.29) is 12.5 Å². The number of carbonyl (C=O) groups is 1. The molecule has 0 rings (SSSR count). The molecule has 1 amide bonds. The van der Waals surface area contributed by atoms with E-state index >= 15 is 0 Å². The first-order valence-electron chi connectivity index (χ1n) is 36.4. The number of aliphatic hydroxyl groups excluding tert-OH is 1. The van der Waals surface area contributed by atoms with Crippen LogP contribution in [-0.4, -0.2) is 68.5 Å². The van der Waals surface area contributed by atoms with Crippen molar-refractivity contribution in [2.75, 3.05) is 40.9 Å². The fourth-order valence-electron chi connectivity index (χ4n) is 10.3. The molecule has 0 bridgehead atoms. The summed E-state index contributed by atoms with van der Waals surface area (Å²) in [5.74, 6) is -0.217. The van der Waals surface area contributed by atoms with Crippen molar-refractivity contribution in [2.45, 2.75) is 328 Å². The van der Waals surface area contributed by atoms with Crippen molar-refractivity contribution in [2.24, 2.45) is 0 Å². The van der Waals surface area contributed by atoms with Crippen LogP contribution in [0.3, 0.4) is 0 Å². The Labute approximate surface area is 539 Å². The Morgan fingerprint density at radius 1 is 0.414 bits per heavy atom. The fourth-order valence-corrected chi connectivity index (χ4v) is 11.0. The van der Waals surface area contributed by atoms with Gasteiger partial charge in [-0.15, -0.1) is 0 Å². The van der Waals surface area contributed by atoms with Crippen molar-refractivity contribution < 1.29 is 32.9 Å². The van der Waals surface area contributed by atoms with Crippen molar-refractivity contribution >= 4 is 13.7 Å². The number of phosphoric acid groups is 1. The summed E-state index contributed by atoms with van der Waals surface area (Å²) in [6.45, 7) is 4.53. The van der Waals surface area contributed by atoms with Crippen LogP contribution < -0.4 is 10.2 Å². The lowest BCUT2D eigenvalue weighted by Crippen LogP contribution is -2.45. The molecule has 0 heterocycles. The number of amides is 1. The van der Waals surface area contributed by atoms with Crippen LogP contribution in [0.4, 0.5) is 0 Å². The first kappa shape index (κ1) is 83.9. The van der Waals surface area contributed by atoms with Crippen LogP contribution in [0.2, 0.25) is 0 Å². The number of carbonyl (C=O) groups excluding carboxylic acids is 1. The van der Waals surface area contributed by atoms with Gasteiger partial charge in [-0.1, -0.05) is 328 Å². The normalized spacial score (nSPS) is 14.3. The van der Waals surface area contributed by atoms with Crippen molar-refractivity contribution in [1.29, 1.82) is 0 Å². The number of quaternary nitrogens is 1. The molecule has 0 saturated heterocycles. The van der Waals surface area contributed by atoms with Gasteiger partial charge in [0.1, 0.15) is 13.2 Å². The first-order chi connectivity index (χ1) is 42.5. The number of likely N-dealkylation sites (N-methyl/N-ethyl adjacent to an activating group) is 1. The van der Waals surface area contributed by atoms with Crippen LogP contribution >= 0.6 is 7.82 Å². The Kier molecular flexibility index (Phi) is 64.9. The summed E-state index contributed by atoms with van der Waals surface area (Å²) in [6, 6.07) is -0.922. The fraction of sp³-hybridized carbons (Fsp3) is 0.731. The van der Waals surface area contributed by atoms with E-state index < -0.39 is 26.6 Å². The van der Waals surface area contributed by atoms with E-state index in [0.717, 1.165) is 96.3 Å². The number of phosphoric ester groups is 1. The Morgan fingerprint density at radius 2 is 0.713 bits per heavy atom. The third kappa shape index (κ3) is 70.2. The van der Waals surface area contributed by atoms with E-state index in [9.17, 15) is 19.4 Å². The van der Waals surface area contributed by atoms with E-state index in [4.69, 9.17) is 9.05 Å². The zero-order valence-electron chi connectivity index (χ0n) is 57.4. The summed E-state index contributed by atoms with van der Waals surface area (Å²) in [6.07, 6.45) is 100. The number of hydrogen-bond acceptors (Lipinski definition) is 6. The maximum absolute atomic E-state index is 13.0. The average Bonchev–Trinajstić information content (AvgIpc) is 3.71. The maximum Gasteiger partial charge on any atom is 0.268 e. The van der Waals surface area contributed by atoms with Gasteiger partial charge >= 0.3 is 0 Å². The van der Waals surface area contributed by atoms with Crippen molar-refractivity contribution in [3.05, 3.63) is 122 Å². The molecule has 0 saturated carbocycles. The number of aliphatic hydroxyl groups is 1. The quantitative estimate of drug-likeness (QED) is 0.0272. The Balaban J connectivity index is 4.15. The topological polar surface area (TPSA) is 108 Å². The molecule has 0 aromatic carbocycles. The molecule has 8 nitrogen and oxygen atoms in total. The second kappa shape index (κ2) is 67.3. The lowest BCUT2D eigenvalue weighted by Gasteiger charge is -2.29. The summed E-state index contributed by atoms with van der Waals surface area (Å²) >= 11 is 0. The number of nitrogens with one attached hydrogen (secondary N) is 1. The van der Waals surface area contributed by atoms with Gasteiger partial charge in [0.25, 0.3) is 7.82 Å². The molecular weight excluding hydrogens is 1090 g/mol. The molecule has 2 N–H and O–H groups in total. The van der Waals surface area contributed by atoms with Crippen LogP contribution in [0, 0.1) is 0 Å². The van der Waals surface area contributed by atoms with Gasteiger partial charge in [-0.05, 0) is 103 Å². The van der Waals surface area contributed by atoms with Crippen LogP contribution in [0.15, 0.2) is 122 Å². The number of hydrogen-bond donors (Lipinski definition) is 2. The van der Waals surface area contributed by atoms with Gasteiger partial charge in [0.15, 0.2) is 0 Å². The van der Waals surface area contributed by atoms with Gasteiger partial charge in [0.2, 0.25) is 5.91 Å². The van der Waals surface area contributed by atoms with Crippen molar-refractivity contribution in [3.63, 3.8) is 0 Å². The molecule has 9 heteroatoms. The van der Waals surface area contributed by atoms with Gasteiger partial charge in [-0.2, -0.15) is 0 Å². The third-order valence-electron chi connectivity index (χ3n) is 15.9. The molecule has 0 aliphatic heterocycles. The Morgan fingerprint density at radius 3 is 1.07 bits per heavy atom. The smallest absolute Gasteiger partial charge is 0.268 e. The molecular formula is C78H139N2O6P. The molecule has 0 aliphatic rings. The van der Waals surface area contributed by atoms with Gasteiger partial charge in [-0.25, -0.2) is 0 Å².